The van der Waals surface area contributed by atoms with Crippen LogP contribution in [0.3, 0.4) is 0 Å². The van der Waals surface area contributed by atoms with E-state index in [2.05, 4.69) is 11.6 Å². The zero-order valence-corrected chi connectivity index (χ0v) is 14.1. The number of anilines is 1. The fourth-order valence-electron chi connectivity index (χ4n) is 2.64. The van der Waals surface area contributed by atoms with Crippen molar-refractivity contribution in [3.8, 4) is 0 Å². The molecule has 0 atom stereocenters. The minimum Gasteiger partial charge on any atom is -0.399 e. The van der Waals surface area contributed by atoms with E-state index in [9.17, 15) is 8.42 Å². The van der Waals surface area contributed by atoms with Crippen LogP contribution in [-0.2, 0) is 10.0 Å². The van der Waals surface area contributed by atoms with Crippen LogP contribution in [0.5, 0.6) is 0 Å². The van der Waals surface area contributed by atoms with Crippen molar-refractivity contribution in [2.75, 3.05) is 23.8 Å². The van der Waals surface area contributed by atoms with E-state index in [4.69, 9.17) is 5.73 Å². The first kappa shape index (κ1) is 16.6. The topological polar surface area (TPSA) is 72.2 Å². The molecule has 1 aromatic rings. The van der Waals surface area contributed by atoms with E-state index < -0.39 is 10.0 Å². The van der Waals surface area contributed by atoms with E-state index in [1.54, 1.807) is 0 Å². The van der Waals surface area contributed by atoms with Gasteiger partial charge in [0.25, 0.3) is 0 Å². The number of nitrogens with one attached hydrogen (secondary N) is 1. The number of nitrogens with two attached hydrogens (primary N) is 1. The van der Waals surface area contributed by atoms with Gasteiger partial charge in [0.15, 0.2) is 0 Å². The van der Waals surface area contributed by atoms with Gasteiger partial charge in [0.05, 0.1) is 5.75 Å². The zero-order chi connectivity index (χ0) is 15.3. The molecule has 0 aromatic heterocycles. The molecule has 1 fully saturated rings. The smallest absolute Gasteiger partial charge is 0.212 e. The van der Waals surface area contributed by atoms with Crippen molar-refractivity contribution >= 4 is 27.5 Å². The van der Waals surface area contributed by atoms with Crippen molar-refractivity contribution < 1.29 is 8.42 Å². The molecule has 0 amide bonds. The summed E-state index contributed by atoms with van der Waals surface area (Å²) in [5, 5.41) is 0. The maximum atomic E-state index is 12.0. The molecule has 1 saturated carbocycles. The number of nitrogen functional groups attached to an aromatic ring is 1. The Morgan fingerprint density at radius 2 is 2.05 bits per heavy atom. The van der Waals surface area contributed by atoms with E-state index >= 15 is 0 Å². The van der Waals surface area contributed by atoms with Crippen molar-refractivity contribution in [1.82, 2.24) is 4.72 Å². The second kappa shape index (κ2) is 7.03. The monoisotopic (exact) mass is 328 g/mol. The zero-order valence-electron chi connectivity index (χ0n) is 12.5. The van der Waals surface area contributed by atoms with E-state index in [1.807, 2.05) is 24.3 Å². The Morgan fingerprint density at radius 3 is 2.71 bits per heavy atom. The van der Waals surface area contributed by atoms with Crippen LogP contribution in [0.25, 0.3) is 0 Å². The number of sulfonamides is 1. The number of hydrogen-bond donors (Lipinski definition) is 2. The SMILES string of the molecule is CC1(CNS(=O)(=O)CCSc2cccc(N)c2)CCCC1. The average Bonchev–Trinajstić information content (AvgIpc) is 2.84. The standard InChI is InChI=1S/C15H24N2O2S2/c1-15(7-2-3-8-15)12-17-21(18,19)10-9-20-14-6-4-5-13(16)11-14/h4-6,11,17H,2-3,7-10,12,16H2,1H3. The van der Waals surface area contributed by atoms with E-state index in [0.29, 0.717) is 18.0 Å². The third-order valence-corrected chi connectivity index (χ3v) is 6.59. The lowest BCUT2D eigenvalue weighted by atomic mass is 9.89. The first-order valence-electron chi connectivity index (χ1n) is 7.34. The van der Waals surface area contributed by atoms with Gasteiger partial charge in [0, 0.05) is 22.9 Å². The highest BCUT2D eigenvalue weighted by atomic mass is 32.2. The lowest BCUT2D eigenvalue weighted by Crippen LogP contribution is -2.35. The molecular weight excluding hydrogens is 304 g/mol. The maximum Gasteiger partial charge on any atom is 0.212 e. The maximum absolute atomic E-state index is 12.0. The van der Waals surface area contributed by atoms with Crippen LogP contribution in [0, 0.1) is 5.41 Å². The van der Waals surface area contributed by atoms with Gasteiger partial charge >= 0.3 is 0 Å². The van der Waals surface area contributed by atoms with Crippen molar-refractivity contribution in [3.63, 3.8) is 0 Å². The summed E-state index contributed by atoms with van der Waals surface area (Å²) < 4.78 is 26.8. The number of benzene rings is 1. The minimum absolute atomic E-state index is 0.141. The van der Waals surface area contributed by atoms with Gasteiger partial charge in [-0.3, -0.25) is 0 Å². The van der Waals surface area contributed by atoms with Crippen molar-refractivity contribution in [3.05, 3.63) is 24.3 Å². The summed E-state index contributed by atoms with van der Waals surface area (Å²) in [5.74, 6) is 0.679. The Bertz CT molecular complexity index is 567. The second-order valence-corrected chi connectivity index (χ2v) is 9.17. The summed E-state index contributed by atoms with van der Waals surface area (Å²) in [5.41, 5.74) is 6.56. The van der Waals surface area contributed by atoms with Crippen LogP contribution < -0.4 is 10.5 Å². The molecule has 0 aliphatic heterocycles. The van der Waals surface area contributed by atoms with Crippen LogP contribution in [-0.4, -0.2) is 26.5 Å². The Hall–Kier alpha value is -0.720. The molecule has 6 heteroatoms. The van der Waals surface area contributed by atoms with Gasteiger partial charge in [0.1, 0.15) is 0 Å². The van der Waals surface area contributed by atoms with Gasteiger partial charge < -0.3 is 5.73 Å². The Balaban J connectivity index is 1.76. The van der Waals surface area contributed by atoms with Gasteiger partial charge in [-0.25, -0.2) is 13.1 Å². The molecule has 3 N–H and O–H groups in total. The van der Waals surface area contributed by atoms with Crippen LogP contribution in [0.1, 0.15) is 32.6 Å². The summed E-state index contributed by atoms with van der Waals surface area (Å²) in [7, 11) is -3.19. The summed E-state index contributed by atoms with van der Waals surface area (Å²) in [4.78, 5) is 1.01. The molecule has 1 aromatic carbocycles. The average molecular weight is 329 g/mol. The highest BCUT2D eigenvalue weighted by molar-refractivity contribution is 8.00. The van der Waals surface area contributed by atoms with Gasteiger partial charge in [-0.05, 0) is 36.5 Å². The van der Waals surface area contributed by atoms with Crippen molar-refractivity contribution in [2.24, 2.45) is 5.41 Å². The van der Waals surface area contributed by atoms with Crippen LogP contribution in [0.2, 0.25) is 0 Å². The van der Waals surface area contributed by atoms with E-state index in [-0.39, 0.29) is 11.2 Å². The molecule has 1 aliphatic carbocycles. The summed E-state index contributed by atoms with van der Waals surface area (Å²) in [6.07, 6.45) is 4.66. The van der Waals surface area contributed by atoms with Gasteiger partial charge in [-0.1, -0.05) is 25.8 Å². The predicted molar refractivity (Wildman–Crippen MR) is 89.9 cm³/mol. The number of thioether (sulfide) groups is 1. The Labute approximate surface area is 131 Å². The Morgan fingerprint density at radius 1 is 1.33 bits per heavy atom. The number of rotatable bonds is 7. The third-order valence-electron chi connectivity index (χ3n) is 4.01. The molecule has 1 aliphatic rings. The van der Waals surface area contributed by atoms with Gasteiger partial charge in [0.2, 0.25) is 10.0 Å². The normalized spacial score (nSPS) is 18.0. The largest absolute Gasteiger partial charge is 0.399 e. The van der Waals surface area contributed by atoms with Crippen LogP contribution in [0.15, 0.2) is 29.2 Å². The molecule has 0 spiro atoms. The Kier molecular flexibility index (Phi) is 5.57. The number of hydrogen-bond acceptors (Lipinski definition) is 4. The second-order valence-electron chi connectivity index (χ2n) is 6.08. The first-order chi connectivity index (χ1) is 9.89. The predicted octanol–water partition coefficient (Wildman–Crippen LogP) is 2.86. The highest BCUT2D eigenvalue weighted by Crippen LogP contribution is 2.36. The molecule has 4 nitrogen and oxygen atoms in total. The lowest BCUT2D eigenvalue weighted by Gasteiger charge is -2.23. The first-order valence-corrected chi connectivity index (χ1v) is 9.98. The van der Waals surface area contributed by atoms with Gasteiger partial charge in [-0.2, -0.15) is 0 Å². The molecular formula is C15H24N2O2S2. The molecule has 0 unspecified atom stereocenters. The quantitative estimate of drug-likeness (QED) is 0.596. The van der Waals surface area contributed by atoms with Crippen molar-refractivity contribution in [1.29, 1.82) is 0 Å². The summed E-state index contributed by atoms with van der Waals surface area (Å²) >= 11 is 1.52. The molecule has 0 saturated heterocycles. The fraction of sp³-hybridized carbons (Fsp3) is 0.600. The molecule has 0 radical (unpaired) electrons. The summed E-state index contributed by atoms with van der Waals surface area (Å²) in [6, 6.07) is 7.51. The highest BCUT2D eigenvalue weighted by Gasteiger charge is 2.29. The molecule has 0 heterocycles. The van der Waals surface area contributed by atoms with Crippen molar-refractivity contribution in [2.45, 2.75) is 37.5 Å². The molecule has 21 heavy (non-hydrogen) atoms. The van der Waals surface area contributed by atoms with E-state index in [1.165, 1.54) is 24.6 Å². The molecule has 2 rings (SSSR count). The molecule has 0 bridgehead atoms. The fourth-order valence-corrected chi connectivity index (χ4v) is 5.19. The lowest BCUT2D eigenvalue weighted by molar-refractivity contribution is 0.336. The van der Waals surface area contributed by atoms with Gasteiger partial charge in [-0.15, -0.1) is 11.8 Å². The third kappa shape index (κ3) is 5.52. The van der Waals surface area contributed by atoms with Crippen LogP contribution >= 0.6 is 11.8 Å². The minimum atomic E-state index is -3.19. The summed E-state index contributed by atoms with van der Waals surface area (Å²) in [6.45, 7) is 2.74. The molecule has 118 valence electrons. The van der Waals surface area contributed by atoms with E-state index in [0.717, 1.165) is 17.7 Å². The van der Waals surface area contributed by atoms with Crippen LogP contribution in [0.4, 0.5) is 5.69 Å².